The standard InChI is InChI=1S/C18H29N4O14P/c19-11-1-2-22(17(30)21-11)15-8(24)3-7(34-15)6-33-37(31,32)36-18(16(28)29)4-9(25)12(20)14(35-18)13(27)10(26)5-23/h1-2,7-10,12-15,23-27H,3-6,20H2,(H,28,29)(H,31,32)(H2,19,21,30)/t7?,8-,9?,10?,12?,13-,14?,15-,18-/m1/s1. The number of aliphatic hydroxyl groups is 5. The number of ether oxygens (including phenoxy) is 2. The molecule has 11 N–H and O–H groups in total. The second-order valence-electron chi connectivity index (χ2n) is 8.58. The molecule has 0 saturated carbocycles. The number of nitrogens with two attached hydrogens (primary N) is 2. The highest BCUT2D eigenvalue weighted by atomic mass is 31.2. The third kappa shape index (κ3) is 6.51. The molecule has 1 aromatic rings. The van der Waals surface area contributed by atoms with Gasteiger partial charge < -0.3 is 56.5 Å². The van der Waals surface area contributed by atoms with Crippen LogP contribution in [0.1, 0.15) is 19.1 Å². The van der Waals surface area contributed by atoms with E-state index in [2.05, 4.69) is 4.98 Å². The van der Waals surface area contributed by atoms with Crippen LogP contribution in [0.4, 0.5) is 5.82 Å². The minimum absolute atomic E-state index is 0.0593. The summed E-state index contributed by atoms with van der Waals surface area (Å²) in [5, 5.41) is 59.1. The molecular formula is C18H29N4O14P. The molecule has 210 valence electrons. The van der Waals surface area contributed by atoms with Crippen molar-refractivity contribution < 1.29 is 63.4 Å². The lowest BCUT2D eigenvalue weighted by atomic mass is 9.89. The van der Waals surface area contributed by atoms with E-state index in [0.29, 0.717) is 0 Å². The van der Waals surface area contributed by atoms with E-state index in [4.69, 9.17) is 35.1 Å². The molecule has 0 amide bonds. The number of hydrogen-bond donors (Lipinski definition) is 9. The van der Waals surface area contributed by atoms with E-state index in [0.717, 1.165) is 4.57 Å². The highest BCUT2D eigenvalue weighted by Gasteiger charge is 2.57. The average molecular weight is 556 g/mol. The topological polar surface area (TPSA) is 300 Å². The number of phosphoric acid groups is 1. The summed E-state index contributed by atoms with van der Waals surface area (Å²) in [4.78, 5) is 37.7. The van der Waals surface area contributed by atoms with Crippen LogP contribution >= 0.6 is 7.82 Å². The Kier molecular flexibility index (Phi) is 9.05. The van der Waals surface area contributed by atoms with Crippen molar-refractivity contribution >= 4 is 19.6 Å². The number of phosphoric ester groups is 1. The Morgan fingerprint density at radius 1 is 1.35 bits per heavy atom. The molecule has 0 bridgehead atoms. The minimum Gasteiger partial charge on any atom is -0.477 e. The van der Waals surface area contributed by atoms with Crippen molar-refractivity contribution in [3.8, 4) is 0 Å². The maximum atomic E-state index is 12.6. The summed E-state index contributed by atoms with van der Waals surface area (Å²) in [5.41, 5.74) is 10.3. The number of carboxylic acids is 1. The summed E-state index contributed by atoms with van der Waals surface area (Å²) in [6, 6.07) is -0.181. The van der Waals surface area contributed by atoms with Gasteiger partial charge in [-0.3, -0.25) is 9.09 Å². The molecular weight excluding hydrogens is 527 g/mol. The Labute approximate surface area is 208 Å². The molecule has 6 unspecified atom stereocenters. The van der Waals surface area contributed by atoms with E-state index in [-0.39, 0.29) is 12.2 Å². The van der Waals surface area contributed by atoms with Crippen LogP contribution in [0.2, 0.25) is 0 Å². The lowest BCUT2D eigenvalue weighted by Crippen LogP contribution is -2.66. The van der Waals surface area contributed by atoms with E-state index in [1.54, 1.807) is 0 Å². The second kappa shape index (κ2) is 11.4. The third-order valence-corrected chi connectivity index (χ3v) is 6.85. The first-order chi connectivity index (χ1) is 17.2. The van der Waals surface area contributed by atoms with Crippen LogP contribution in [-0.4, -0.2) is 113 Å². The van der Waals surface area contributed by atoms with Crippen molar-refractivity contribution in [1.82, 2.24) is 9.55 Å². The van der Waals surface area contributed by atoms with Crippen LogP contribution in [0.15, 0.2) is 17.1 Å². The van der Waals surface area contributed by atoms with E-state index < -0.39 is 93.8 Å². The van der Waals surface area contributed by atoms with Crippen LogP contribution < -0.4 is 17.2 Å². The monoisotopic (exact) mass is 556 g/mol. The summed E-state index contributed by atoms with van der Waals surface area (Å²) in [6.45, 7) is -1.69. The second-order valence-corrected chi connectivity index (χ2v) is 9.96. The van der Waals surface area contributed by atoms with Gasteiger partial charge in [-0.15, -0.1) is 0 Å². The van der Waals surface area contributed by atoms with Crippen molar-refractivity contribution in [3.63, 3.8) is 0 Å². The normalized spacial score (nSPS) is 35.5. The summed E-state index contributed by atoms with van der Waals surface area (Å²) < 4.78 is 33.8. The van der Waals surface area contributed by atoms with E-state index in [1.165, 1.54) is 12.3 Å². The molecule has 2 aliphatic rings. The average Bonchev–Trinajstić information content (AvgIpc) is 3.19. The van der Waals surface area contributed by atoms with Gasteiger partial charge in [0.2, 0.25) is 0 Å². The Morgan fingerprint density at radius 2 is 2.03 bits per heavy atom. The van der Waals surface area contributed by atoms with Gasteiger partial charge in [-0.2, -0.15) is 4.98 Å². The first-order valence-corrected chi connectivity index (χ1v) is 12.4. The smallest absolute Gasteiger partial charge is 0.475 e. The number of anilines is 1. The van der Waals surface area contributed by atoms with E-state index in [9.17, 15) is 44.6 Å². The van der Waals surface area contributed by atoms with Crippen molar-refractivity contribution in [2.45, 2.75) is 67.5 Å². The zero-order chi connectivity index (χ0) is 27.7. The summed E-state index contributed by atoms with van der Waals surface area (Å²) in [7, 11) is -5.30. The lowest BCUT2D eigenvalue weighted by molar-refractivity contribution is -0.286. The Balaban J connectivity index is 1.70. The molecule has 10 atom stereocenters. The molecule has 19 heteroatoms. The first-order valence-electron chi connectivity index (χ1n) is 10.9. The largest absolute Gasteiger partial charge is 0.477 e. The Morgan fingerprint density at radius 3 is 2.62 bits per heavy atom. The van der Waals surface area contributed by atoms with Crippen LogP contribution in [0.3, 0.4) is 0 Å². The van der Waals surface area contributed by atoms with Gasteiger partial charge in [0.25, 0.3) is 5.79 Å². The zero-order valence-corrected chi connectivity index (χ0v) is 20.0. The number of aliphatic hydroxyl groups excluding tert-OH is 5. The number of hydrogen-bond acceptors (Lipinski definition) is 15. The molecule has 3 rings (SSSR count). The molecule has 3 heterocycles. The SMILES string of the molecule is Nc1ccn([C@@H]2OC(COP(=O)(O)O[C@@]3(C(=O)O)CC(O)C(N)C([C@H](O)C(O)CO)O3)C[C@H]2O)c(=O)n1. The van der Waals surface area contributed by atoms with Crippen LogP contribution in [0, 0.1) is 0 Å². The van der Waals surface area contributed by atoms with Gasteiger partial charge in [0, 0.05) is 19.0 Å². The molecule has 0 aliphatic carbocycles. The van der Waals surface area contributed by atoms with Crippen molar-refractivity contribution in [3.05, 3.63) is 22.7 Å². The lowest BCUT2D eigenvalue weighted by Gasteiger charge is -2.45. The van der Waals surface area contributed by atoms with Crippen molar-refractivity contribution in [2.24, 2.45) is 5.73 Å². The third-order valence-electron chi connectivity index (χ3n) is 5.85. The number of aliphatic carboxylic acids is 1. The Bertz CT molecular complexity index is 1080. The minimum atomic E-state index is -5.30. The number of carbonyl (C=O) groups is 1. The maximum Gasteiger partial charge on any atom is 0.475 e. The van der Waals surface area contributed by atoms with E-state index in [1.807, 2.05) is 0 Å². The maximum absolute atomic E-state index is 12.6. The van der Waals surface area contributed by atoms with Gasteiger partial charge in [0.1, 0.15) is 30.2 Å². The van der Waals surface area contributed by atoms with E-state index >= 15 is 0 Å². The number of carboxylic acid groups (broad SMARTS) is 1. The quantitative estimate of drug-likeness (QED) is 0.123. The molecule has 2 saturated heterocycles. The number of aromatic nitrogens is 2. The van der Waals surface area contributed by atoms with Crippen LogP contribution in [0.5, 0.6) is 0 Å². The summed E-state index contributed by atoms with van der Waals surface area (Å²) in [5.74, 6) is -5.10. The molecule has 2 fully saturated rings. The van der Waals surface area contributed by atoms with Crippen LogP contribution in [-0.2, 0) is 27.9 Å². The Hall–Kier alpha value is -2.06. The number of nitrogens with zero attached hydrogens (tertiary/aromatic N) is 2. The van der Waals surface area contributed by atoms with Crippen LogP contribution in [0.25, 0.3) is 0 Å². The predicted octanol–water partition coefficient (Wildman–Crippen LogP) is -4.42. The molecule has 1 aromatic heterocycles. The van der Waals surface area contributed by atoms with Crippen molar-refractivity contribution in [2.75, 3.05) is 18.9 Å². The number of nitrogen functional groups attached to an aromatic ring is 1. The fourth-order valence-electron chi connectivity index (χ4n) is 3.93. The van der Waals surface area contributed by atoms with Gasteiger partial charge in [0.05, 0.1) is 31.5 Å². The summed E-state index contributed by atoms with van der Waals surface area (Å²) in [6.07, 6.45) is -10.9. The molecule has 0 aromatic carbocycles. The molecule has 0 radical (unpaired) electrons. The van der Waals surface area contributed by atoms with Crippen molar-refractivity contribution in [1.29, 1.82) is 0 Å². The van der Waals surface area contributed by atoms with Gasteiger partial charge >= 0.3 is 19.5 Å². The number of rotatable bonds is 10. The fraction of sp³-hybridized carbons (Fsp3) is 0.722. The van der Waals surface area contributed by atoms with Gasteiger partial charge in [-0.05, 0) is 6.07 Å². The fourth-order valence-corrected chi connectivity index (χ4v) is 4.91. The highest BCUT2D eigenvalue weighted by molar-refractivity contribution is 7.47. The first kappa shape index (κ1) is 29.5. The van der Waals surface area contributed by atoms with Gasteiger partial charge in [-0.25, -0.2) is 18.7 Å². The summed E-state index contributed by atoms with van der Waals surface area (Å²) >= 11 is 0. The van der Waals surface area contributed by atoms with Gasteiger partial charge in [-0.1, -0.05) is 0 Å². The molecule has 18 nitrogen and oxygen atoms in total. The molecule has 2 aliphatic heterocycles. The van der Waals surface area contributed by atoms with Gasteiger partial charge in [0.15, 0.2) is 6.23 Å². The zero-order valence-electron chi connectivity index (χ0n) is 19.1. The highest BCUT2D eigenvalue weighted by Crippen LogP contribution is 2.51. The molecule has 37 heavy (non-hydrogen) atoms. The predicted molar refractivity (Wildman–Crippen MR) is 117 cm³/mol. The molecule has 0 spiro atoms.